The molecule has 0 aromatic heterocycles. The first-order chi connectivity index (χ1) is 15.5. The van der Waals surface area contributed by atoms with E-state index in [0.717, 1.165) is 44.7 Å². The first-order valence-corrected chi connectivity index (χ1v) is 13.0. The Hall–Kier alpha value is -2.63. The van der Waals surface area contributed by atoms with Crippen LogP contribution in [0.25, 0.3) is 0 Å². The van der Waals surface area contributed by atoms with Crippen molar-refractivity contribution in [3.8, 4) is 0 Å². The Morgan fingerprint density at radius 1 is 0.812 bits per heavy atom. The Labute approximate surface area is 192 Å². The molecule has 1 fully saturated rings. The molecule has 0 amide bonds. The van der Waals surface area contributed by atoms with Crippen molar-refractivity contribution in [1.29, 1.82) is 0 Å². The number of nitrogens with zero attached hydrogens (tertiary/aromatic N) is 2. The van der Waals surface area contributed by atoms with Gasteiger partial charge in [-0.15, -0.1) is 0 Å². The van der Waals surface area contributed by atoms with Gasteiger partial charge in [-0.3, -0.25) is 4.90 Å². The van der Waals surface area contributed by atoms with Crippen molar-refractivity contribution >= 4 is 15.5 Å². The monoisotopic (exact) mass is 448 g/mol. The molecule has 1 heterocycles. The van der Waals surface area contributed by atoms with Crippen LogP contribution in [-0.4, -0.2) is 46.0 Å². The maximum Gasteiger partial charge on any atom is 0.185 e. The molecule has 168 valence electrons. The molecule has 5 heteroatoms. The predicted molar refractivity (Wildman–Crippen MR) is 132 cm³/mol. The van der Waals surface area contributed by atoms with Crippen LogP contribution < -0.4 is 4.90 Å². The van der Waals surface area contributed by atoms with Gasteiger partial charge in [-0.1, -0.05) is 60.7 Å². The zero-order valence-corrected chi connectivity index (χ0v) is 19.5. The van der Waals surface area contributed by atoms with Gasteiger partial charge in [0, 0.05) is 31.9 Å². The maximum atomic E-state index is 13.4. The van der Waals surface area contributed by atoms with Crippen LogP contribution >= 0.6 is 0 Å². The van der Waals surface area contributed by atoms with E-state index in [-0.39, 0.29) is 0 Å². The van der Waals surface area contributed by atoms with Gasteiger partial charge < -0.3 is 4.90 Å². The number of benzene rings is 3. The summed E-state index contributed by atoms with van der Waals surface area (Å²) < 4.78 is 26.8. The molecule has 0 aliphatic carbocycles. The smallest absolute Gasteiger partial charge is 0.185 e. The minimum Gasteiger partial charge on any atom is -0.369 e. The van der Waals surface area contributed by atoms with E-state index < -0.39 is 15.1 Å². The van der Waals surface area contributed by atoms with Crippen molar-refractivity contribution in [3.63, 3.8) is 0 Å². The molecule has 3 aromatic rings. The topological polar surface area (TPSA) is 40.6 Å². The molecular formula is C27H32N2O2S. The van der Waals surface area contributed by atoms with Crippen molar-refractivity contribution in [2.45, 2.75) is 29.9 Å². The summed E-state index contributed by atoms with van der Waals surface area (Å²) >= 11 is 0. The molecule has 0 radical (unpaired) electrons. The van der Waals surface area contributed by atoms with Gasteiger partial charge in [0.25, 0.3) is 0 Å². The van der Waals surface area contributed by atoms with Crippen LogP contribution in [0.3, 0.4) is 0 Å². The van der Waals surface area contributed by atoms with E-state index in [2.05, 4.69) is 41.0 Å². The average Bonchev–Trinajstić information content (AvgIpc) is 2.83. The molecule has 32 heavy (non-hydrogen) atoms. The molecule has 0 bridgehead atoms. The normalized spacial score (nSPS) is 16.1. The maximum absolute atomic E-state index is 13.4. The van der Waals surface area contributed by atoms with E-state index in [9.17, 15) is 8.42 Å². The van der Waals surface area contributed by atoms with Gasteiger partial charge in [0.05, 0.1) is 10.1 Å². The summed E-state index contributed by atoms with van der Waals surface area (Å²) in [5, 5.41) is -0.514. The first kappa shape index (κ1) is 22.6. The molecule has 4 nitrogen and oxygen atoms in total. The highest BCUT2D eigenvalue weighted by molar-refractivity contribution is 7.91. The second-order valence-electron chi connectivity index (χ2n) is 8.57. The summed E-state index contributed by atoms with van der Waals surface area (Å²) in [6, 6.07) is 27.2. The fourth-order valence-corrected chi connectivity index (χ4v) is 6.36. The van der Waals surface area contributed by atoms with Crippen molar-refractivity contribution < 1.29 is 8.42 Å². The van der Waals surface area contributed by atoms with Gasteiger partial charge in [-0.05, 0) is 61.7 Å². The van der Waals surface area contributed by atoms with Crippen LogP contribution in [0.5, 0.6) is 0 Å². The number of sulfone groups is 1. The highest BCUT2D eigenvalue weighted by Crippen LogP contribution is 2.33. The summed E-state index contributed by atoms with van der Waals surface area (Å²) in [5.74, 6) is 0. The zero-order valence-electron chi connectivity index (χ0n) is 18.7. The van der Waals surface area contributed by atoms with E-state index in [0.29, 0.717) is 11.3 Å². The summed E-state index contributed by atoms with van der Waals surface area (Å²) in [7, 11) is -3.43. The second kappa shape index (κ2) is 10.3. The third kappa shape index (κ3) is 5.40. The van der Waals surface area contributed by atoms with E-state index in [1.807, 2.05) is 36.4 Å². The molecule has 0 spiro atoms. The third-order valence-corrected chi connectivity index (χ3v) is 8.48. The number of piperazine rings is 1. The van der Waals surface area contributed by atoms with Crippen LogP contribution in [-0.2, 0) is 9.84 Å². The van der Waals surface area contributed by atoms with Gasteiger partial charge >= 0.3 is 0 Å². The van der Waals surface area contributed by atoms with Crippen molar-refractivity contribution in [1.82, 2.24) is 4.90 Å². The molecule has 1 aliphatic heterocycles. The quantitative estimate of drug-likeness (QED) is 0.480. The highest BCUT2D eigenvalue weighted by Gasteiger charge is 2.29. The van der Waals surface area contributed by atoms with Crippen molar-refractivity contribution in [2.24, 2.45) is 0 Å². The highest BCUT2D eigenvalue weighted by atomic mass is 32.2. The number of hydrogen-bond donors (Lipinski definition) is 0. The SMILES string of the molecule is Cc1cccc(N2CCN(CCCC(c3ccccc3)S(=O)(=O)c3ccccc3)CC2)c1. The molecule has 0 N–H and O–H groups in total. The average molecular weight is 449 g/mol. The van der Waals surface area contributed by atoms with Crippen molar-refractivity contribution in [3.05, 3.63) is 96.1 Å². The fraction of sp³-hybridized carbons (Fsp3) is 0.333. The largest absolute Gasteiger partial charge is 0.369 e. The Morgan fingerprint density at radius 2 is 1.47 bits per heavy atom. The lowest BCUT2D eigenvalue weighted by molar-refractivity contribution is 0.252. The van der Waals surface area contributed by atoms with Gasteiger partial charge in [-0.25, -0.2) is 8.42 Å². The van der Waals surface area contributed by atoms with Gasteiger partial charge in [0.2, 0.25) is 0 Å². The van der Waals surface area contributed by atoms with E-state index >= 15 is 0 Å². The lowest BCUT2D eigenvalue weighted by Crippen LogP contribution is -2.46. The summed E-state index contributed by atoms with van der Waals surface area (Å²) in [6.45, 7) is 7.09. The van der Waals surface area contributed by atoms with Crippen molar-refractivity contribution in [2.75, 3.05) is 37.6 Å². The van der Waals surface area contributed by atoms with Crippen LogP contribution in [0, 0.1) is 6.92 Å². The molecule has 1 saturated heterocycles. The molecule has 0 saturated carbocycles. The molecule has 1 unspecified atom stereocenters. The first-order valence-electron chi connectivity index (χ1n) is 11.4. The number of rotatable bonds is 8. The van der Waals surface area contributed by atoms with Gasteiger partial charge in [0.15, 0.2) is 9.84 Å². The molecule has 4 rings (SSSR count). The lowest BCUT2D eigenvalue weighted by atomic mass is 10.1. The second-order valence-corrected chi connectivity index (χ2v) is 10.7. The summed E-state index contributed by atoms with van der Waals surface area (Å²) in [6.07, 6.45) is 1.48. The van der Waals surface area contributed by atoms with Crippen LogP contribution in [0.4, 0.5) is 5.69 Å². The molecular weight excluding hydrogens is 416 g/mol. The number of hydrogen-bond acceptors (Lipinski definition) is 4. The standard InChI is InChI=1S/C27H32N2O2S/c1-23-10-8-13-25(22-23)29-20-18-28(19-21-29)17-9-16-27(24-11-4-2-5-12-24)32(30,31)26-14-6-3-7-15-26/h2-8,10-15,22,27H,9,16-21H2,1H3. The molecule has 1 atom stereocenters. The van der Waals surface area contributed by atoms with Gasteiger partial charge in [0.1, 0.15) is 0 Å². The predicted octanol–water partition coefficient (Wildman–Crippen LogP) is 5.11. The zero-order chi connectivity index (χ0) is 22.4. The van der Waals surface area contributed by atoms with E-state index in [4.69, 9.17) is 0 Å². The van der Waals surface area contributed by atoms with Crippen LogP contribution in [0.15, 0.2) is 89.8 Å². The number of anilines is 1. The third-order valence-electron chi connectivity index (χ3n) is 6.30. The van der Waals surface area contributed by atoms with Crippen LogP contribution in [0.1, 0.15) is 29.2 Å². The minimum atomic E-state index is -3.43. The fourth-order valence-electron chi connectivity index (χ4n) is 4.50. The summed E-state index contributed by atoms with van der Waals surface area (Å²) in [5.41, 5.74) is 3.46. The Bertz CT molecular complexity index is 1090. The van der Waals surface area contributed by atoms with E-state index in [1.54, 1.807) is 24.3 Å². The lowest BCUT2D eigenvalue weighted by Gasteiger charge is -2.36. The Balaban J connectivity index is 1.37. The molecule has 1 aliphatic rings. The van der Waals surface area contributed by atoms with Gasteiger partial charge in [-0.2, -0.15) is 0 Å². The summed E-state index contributed by atoms with van der Waals surface area (Å²) in [4.78, 5) is 5.31. The molecule has 3 aromatic carbocycles. The van der Waals surface area contributed by atoms with E-state index in [1.165, 1.54) is 11.3 Å². The number of aryl methyl sites for hydroxylation is 1. The Morgan fingerprint density at radius 3 is 2.12 bits per heavy atom. The Kier molecular flexibility index (Phi) is 7.28. The van der Waals surface area contributed by atoms with Crippen LogP contribution in [0.2, 0.25) is 0 Å². The minimum absolute atomic E-state index is 0.403.